The van der Waals surface area contributed by atoms with Gasteiger partial charge in [0.1, 0.15) is 0 Å². The number of hydrogen-bond donors (Lipinski definition) is 2. The van der Waals surface area contributed by atoms with Gasteiger partial charge in [0, 0.05) is 28.7 Å². The van der Waals surface area contributed by atoms with Crippen LogP contribution in [0.15, 0.2) is 28.7 Å². The highest BCUT2D eigenvalue weighted by Gasteiger charge is 2.37. The number of carboxylic acids is 1. The molecule has 0 bridgehead atoms. The number of aliphatic carboxylic acids is 1. The van der Waals surface area contributed by atoms with E-state index in [0.717, 1.165) is 23.9 Å². The summed E-state index contributed by atoms with van der Waals surface area (Å²) < 4.78 is 0.883. The lowest BCUT2D eigenvalue weighted by Gasteiger charge is -2.42. The average Bonchev–Trinajstić information content (AvgIpc) is 3.25. The minimum atomic E-state index is -0.771. The van der Waals surface area contributed by atoms with Gasteiger partial charge in [0.2, 0.25) is 0 Å². The largest absolute Gasteiger partial charge is 0.480 e. The van der Waals surface area contributed by atoms with Crippen LogP contribution in [-0.4, -0.2) is 47.1 Å². The van der Waals surface area contributed by atoms with Crippen LogP contribution in [-0.2, 0) is 4.79 Å². The summed E-state index contributed by atoms with van der Waals surface area (Å²) in [5, 5.41) is 12.1. The topological polar surface area (TPSA) is 69.6 Å². The third kappa shape index (κ3) is 4.54. The van der Waals surface area contributed by atoms with Crippen LogP contribution >= 0.6 is 15.9 Å². The van der Waals surface area contributed by atoms with Crippen LogP contribution in [0, 0.1) is 5.92 Å². The van der Waals surface area contributed by atoms with Crippen LogP contribution in [0.5, 0.6) is 0 Å². The fourth-order valence-electron chi connectivity index (χ4n) is 3.05. The zero-order valence-corrected chi connectivity index (χ0v) is 14.5. The molecule has 0 aliphatic heterocycles. The first kappa shape index (κ1) is 16.5. The summed E-state index contributed by atoms with van der Waals surface area (Å²) in [5.74, 6) is -0.168. The van der Waals surface area contributed by atoms with Gasteiger partial charge in [-0.3, -0.25) is 14.5 Å². The minimum Gasteiger partial charge on any atom is -0.480 e. The predicted octanol–water partition coefficient (Wildman–Crippen LogP) is 2.51. The van der Waals surface area contributed by atoms with E-state index in [2.05, 4.69) is 26.1 Å². The third-order valence-corrected chi connectivity index (χ3v) is 5.07. The number of carbonyl (C=O) groups is 2. The standard InChI is InChI=1S/C17H21BrN2O3/c18-13-3-1-2-12(6-13)17(23)19-14-7-15(8-14)20(10-16(21)22)9-11-4-5-11/h1-3,6,11,14-15H,4-5,7-10H2,(H,19,23)(H,21,22). The van der Waals surface area contributed by atoms with Gasteiger partial charge in [0.15, 0.2) is 0 Å². The molecule has 2 aliphatic rings. The molecule has 1 aromatic rings. The van der Waals surface area contributed by atoms with Gasteiger partial charge < -0.3 is 10.4 Å². The van der Waals surface area contributed by atoms with Gasteiger partial charge in [0.25, 0.3) is 5.91 Å². The van der Waals surface area contributed by atoms with Crippen molar-refractivity contribution in [3.05, 3.63) is 34.3 Å². The number of nitrogens with zero attached hydrogens (tertiary/aromatic N) is 1. The average molecular weight is 381 g/mol. The van der Waals surface area contributed by atoms with Gasteiger partial charge in [-0.25, -0.2) is 0 Å². The fraction of sp³-hybridized carbons (Fsp3) is 0.529. The lowest BCUT2D eigenvalue weighted by molar-refractivity contribution is -0.139. The summed E-state index contributed by atoms with van der Waals surface area (Å²) in [6.45, 7) is 0.983. The van der Waals surface area contributed by atoms with Gasteiger partial charge in [-0.1, -0.05) is 22.0 Å². The molecule has 6 heteroatoms. The maximum absolute atomic E-state index is 12.2. The van der Waals surface area contributed by atoms with Crippen LogP contribution in [0.3, 0.4) is 0 Å². The number of rotatable bonds is 7. The second-order valence-electron chi connectivity index (χ2n) is 6.57. The van der Waals surface area contributed by atoms with Crippen molar-refractivity contribution < 1.29 is 14.7 Å². The number of amides is 1. The zero-order valence-electron chi connectivity index (χ0n) is 12.9. The molecule has 0 aromatic heterocycles. The molecule has 124 valence electrons. The van der Waals surface area contributed by atoms with Crippen LogP contribution in [0.1, 0.15) is 36.0 Å². The van der Waals surface area contributed by atoms with Gasteiger partial charge >= 0.3 is 5.97 Å². The lowest BCUT2D eigenvalue weighted by atomic mass is 9.85. The van der Waals surface area contributed by atoms with E-state index in [1.165, 1.54) is 12.8 Å². The Balaban J connectivity index is 1.49. The normalized spacial score (nSPS) is 23.4. The van der Waals surface area contributed by atoms with Crippen LogP contribution in [0.4, 0.5) is 0 Å². The number of carbonyl (C=O) groups excluding carboxylic acids is 1. The van der Waals surface area contributed by atoms with Crippen LogP contribution < -0.4 is 5.32 Å². The second-order valence-corrected chi connectivity index (χ2v) is 7.49. The maximum atomic E-state index is 12.2. The summed E-state index contributed by atoms with van der Waals surface area (Å²) >= 11 is 3.37. The van der Waals surface area contributed by atoms with Crippen LogP contribution in [0.25, 0.3) is 0 Å². The van der Waals surface area contributed by atoms with Crippen molar-refractivity contribution in [1.29, 1.82) is 0 Å². The summed E-state index contributed by atoms with van der Waals surface area (Å²) in [6.07, 6.45) is 4.09. The van der Waals surface area contributed by atoms with Crippen molar-refractivity contribution in [3.63, 3.8) is 0 Å². The highest BCUT2D eigenvalue weighted by atomic mass is 79.9. The van der Waals surface area contributed by atoms with Gasteiger partial charge in [-0.15, -0.1) is 0 Å². The number of nitrogens with one attached hydrogen (secondary N) is 1. The van der Waals surface area contributed by atoms with Crippen molar-refractivity contribution in [2.75, 3.05) is 13.1 Å². The number of hydrogen-bond acceptors (Lipinski definition) is 3. The second kappa shape index (κ2) is 7.01. The number of carboxylic acid groups (broad SMARTS) is 1. The van der Waals surface area contributed by atoms with E-state index in [9.17, 15) is 9.59 Å². The molecule has 1 aromatic carbocycles. The van der Waals surface area contributed by atoms with Crippen molar-refractivity contribution in [3.8, 4) is 0 Å². The molecular formula is C17H21BrN2O3. The van der Waals surface area contributed by atoms with E-state index in [1.54, 1.807) is 12.1 Å². The molecule has 3 rings (SSSR count). The molecule has 5 nitrogen and oxygen atoms in total. The van der Waals surface area contributed by atoms with Gasteiger partial charge in [-0.05, 0) is 49.8 Å². The van der Waals surface area contributed by atoms with Crippen molar-refractivity contribution >= 4 is 27.8 Å². The molecule has 2 saturated carbocycles. The Morgan fingerprint density at radius 1 is 1.30 bits per heavy atom. The lowest BCUT2D eigenvalue weighted by Crippen LogP contribution is -2.55. The molecule has 0 spiro atoms. The van der Waals surface area contributed by atoms with E-state index >= 15 is 0 Å². The molecule has 23 heavy (non-hydrogen) atoms. The smallest absolute Gasteiger partial charge is 0.317 e. The fourth-order valence-corrected chi connectivity index (χ4v) is 3.45. The molecular weight excluding hydrogens is 360 g/mol. The summed E-state index contributed by atoms with van der Waals surface area (Å²) in [5.41, 5.74) is 0.642. The number of benzene rings is 1. The molecule has 0 radical (unpaired) electrons. The van der Waals surface area contributed by atoms with E-state index in [1.807, 2.05) is 12.1 Å². The molecule has 2 N–H and O–H groups in total. The molecule has 2 aliphatic carbocycles. The van der Waals surface area contributed by atoms with E-state index < -0.39 is 5.97 Å². The summed E-state index contributed by atoms with van der Waals surface area (Å²) in [4.78, 5) is 25.3. The van der Waals surface area contributed by atoms with E-state index in [4.69, 9.17) is 5.11 Å². The first-order valence-electron chi connectivity index (χ1n) is 8.03. The SMILES string of the molecule is O=C(O)CN(CC1CC1)C1CC(NC(=O)c2cccc(Br)c2)C1. The molecule has 0 unspecified atom stereocenters. The highest BCUT2D eigenvalue weighted by molar-refractivity contribution is 9.10. The Morgan fingerprint density at radius 3 is 2.65 bits per heavy atom. The Morgan fingerprint density at radius 2 is 2.04 bits per heavy atom. The minimum absolute atomic E-state index is 0.0678. The Kier molecular flexibility index (Phi) is 5.02. The Hall–Kier alpha value is -1.40. The van der Waals surface area contributed by atoms with Crippen LogP contribution in [0.2, 0.25) is 0 Å². The van der Waals surface area contributed by atoms with Gasteiger partial charge in [0.05, 0.1) is 6.54 Å². The molecule has 0 saturated heterocycles. The first-order valence-corrected chi connectivity index (χ1v) is 8.83. The quantitative estimate of drug-likeness (QED) is 0.762. The summed E-state index contributed by atoms with van der Waals surface area (Å²) in [6, 6.07) is 7.74. The summed E-state index contributed by atoms with van der Waals surface area (Å²) in [7, 11) is 0. The Bertz CT molecular complexity index is 597. The predicted molar refractivity (Wildman–Crippen MR) is 90.4 cm³/mol. The van der Waals surface area contributed by atoms with Crippen molar-refractivity contribution in [2.24, 2.45) is 5.92 Å². The monoisotopic (exact) mass is 380 g/mol. The molecule has 0 atom stereocenters. The Labute approximate surface area is 144 Å². The maximum Gasteiger partial charge on any atom is 0.317 e. The number of halogens is 1. The molecule has 1 amide bonds. The van der Waals surface area contributed by atoms with E-state index in [-0.39, 0.29) is 24.5 Å². The third-order valence-electron chi connectivity index (χ3n) is 4.58. The zero-order chi connectivity index (χ0) is 16.4. The van der Waals surface area contributed by atoms with Crippen molar-refractivity contribution in [1.82, 2.24) is 10.2 Å². The highest BCUT2D eigenvalue weighted by Crippen LogP contribution is 2.33. The van der Waals surface area contributed by atoms with Gasteiger partial charge in [-0.2, -0.15) is 0 Å². The molecule has 0 heterocycles. The molecule has 2 fully saturated rings. The first-order chi connectivity index (χ1) is 11.0. The van der Waals surface area contributed by atoms with E-state index in [0.29, 0.717) is 11.5 Å². The van der Waals surface area contributed by atoms with Crippen molar-refractivity contribution in [2.45, 2.75) is 37.8 Å².